The molecule has 0 fully saturated rings. The number of fused-ring (bicyclic) bond motifs is 1. The Morgan fingerprint density at radius 2 is 2.00 bits per heavy atom. The van der Waals surface area contributed by atoms with E-state index < -0.39 is 40.2 Å². The first-order valence-corrected chi connectivity index (χ1v) is 12.1. The van der Waals surface area contributed by atoms with Gasteiger partial charge in [-0.25, -0.2) is 8.42 Å². The molecule has 192 valence electrons. The van der Waals surface area contributed by atoms with Crippen molar-refractivity contribution < 1.29 is 41.0 Å². The lowest BCUT2D eigenvalue weighted by molar-refractivity contribution is -0.189. The van der Waals surface area contributed by atoms with E-state index in [9.17, 15) is 36.3 Å². The van der Waals surface area contributed by atoms with Crippen LogP contribution in [-0.2, 0) is 37.2 Å². The number of alkyl halides is 3. The van der Waals surface area contributed by atoms with Crippen molar-refractivity contribution in [2.75, 3.05) is 20.3 Å². The van der Waals surface area contributed by atoms with Crippen LogP contribution in [0.25, 0.3) is 0 Å². The number of rotatable bonds is 8. The maximum Gasteiger partial charge on any atom is 0.471 e. The van der Waals surface area contributed by atoms with Gasteiger partial charge in [0.05, 0.1) is 29.2 Å². The Morgan fingerprint density at radius 3 is 2.61 bits per heavy atom. The van der Waals surface area contributed by atoms with Gasteiger partial charge in [0.15, 0.2) is 0 Å². The molecule has 2 aromatic rings. The van der Waals surface area contributed by atoms with E-state index >= 15 is 0 Å². The molecule has 1 heterocycles. The Morgan fingerprint density at radius 1 is 1.28 bits per heavy atom. The number of ether oxygens (including phenoxy) is 1. The molecule has 0 saturated heterocycles. The molecule has 0 bridgehead atoms. The van der Waals surface area contributed by atoms with Crippen molar-refractivity contribution in [1.29, 1.82) is 5.26 Å². The van der Waals surface area contributed by atoms with Gasteiger partial charge in [0.25, 0.3) is 0 Å². The fourth-order valence-corrected chi connectivity index (χ4v) is 5.25. The van der Waals surface area contributed by atoms with Gasteiger partial charge in [-0.2, -0.15) is 23.2 Å². The largest absolute Gasteiger partial charge is 0.480 e. The van der Waals surface area contributed by atoms with E-state index in [2.05, 4.69) is 4.72 Å². The lowest BCUT2D eigenvalue weighted by Crippen LogP contribution is -2.48. The number of benzene rings is 2. The number of hydrogen-bond acceptors (Lipinski definition) is 6. The smallest absolute Gasteiger partial charge is 0.471 e. The van der Waals surface area contributed by atoms with E-state index in [0.717, 1.165) is 6.07 Å². The van der Waals surface area contributed by atoms with Crippen molar-refractivity contribution in [2.24, 2.45) is 0 Å². The van der Waals surface area contributed by atoms with Gasteiger partial charge in [-0.3, -0.25) is 9.59 Å². The Labute approximate surface area is 205 Å². The maximum atomic E-state index is 13.1. The van der Waals surface area contributed by atoms with Crippen LogP contribution < -0.4 is 4.72 Å². The average molecular weight is 526 g/mol. The Bertz CT molecular complexity index is 1310. The van der Waals surface area contributed by atoms with Crippen LogP contribution in [0.3, 0.4) is 0 Å². The molecule has 0 saturated carbocycles. The molecule has 0 radical (unpaired) electrons. The van der Waals surface area contributed by atoms with E-state index in [1.807, 2.05) is 6.07 Å². The summed E-state index contributed by atoms with van der Waals surface area (Å²) in [7, 11) is -3.20. The summed E-state index contributed by atoms with van der Waals surface area (Å²) in [5.41, 5.74) is 1.40. The second-order valence-corrected chi connectivity index (χ2v) is 9.82. The van der Waals surface area contributed by atoms with Crippen molar-refractivity contribution in [2.45, 2.75) is 36.0 Å². The monoisotopic (exact) mass is 525 g/mol. The molecule has 2 aromatic carbocycles. The van der Waals surface area contributed by atoms with Crippen LogP contribution in [0.1, 0.15) is 28.3 Å². The highest BCUT2D eigenvalue weighted by Crippen LogP contribution is 2.34. The summed E-state index contributed by atoms with van der Waals surface area (Å²) in [4.78, 5) is 24.0. The number of nitrogens with one attached hydrogen (secondary N) is 1. The highest BCUT2D eigenvalue weighted by Gasteiger charge is 2.46. The van der Waals surface area contributed by atoms with Crippen molar-refractivity contribution in [3.63, 3.8) is 0 Å². The van der Waals surface area contributed by atoms with Crippen LogP contribution in [0.15, 0.2) is 47.4 Å². The number of methoxy groups -OCH3 is 1. The summed E-state index contributed by atoms with van der Waals surface area (Å²) in [6.45, 7) is -0.536. The topological polar surface area (TPSA) is 137 Å². The second kappa shape index (κ2) is 10.7. The molecule has 1 aliphatic rings. The minimum atomic E-state index is -5.12. The number of carbonyl (C=O) groups is 2. The van der Waals surface area contributed by atoms with Crippen molar-refractivity contribution in [1.82, 2.24) is 9.62 Å². The Balaban J connectivity index is 1.93. The summed E-state index contributed by atoms with van der Waals surface area (Å²) in [5, 5.41) is 18.6. The Hall–Kier alpha value is -3.47. The van der Waals surface area contributed by atoms with Crippen LogP contribution in [0, 0.1) is 11.3 Å². The predicted molar refractivity (Wildman–Crippen MR) is 119 cm³/mol. The zero-order valence-electron chi connectivity index (χ0n) is 18.9. The van der Waals surface area contributed by atoms with Crippen molar-refractivity contribution >= 4 is 21.9 Å². The molecule has 9 nitrogen and oxygen atoms in total. The molecule has 1 amide bonds. The first kappa shape index (κ1) is 27.1. The van der Waals surface area contributed by atoms with E-state index in [0.29, 0.717) is 16.0 Å². The minimum Gasteiger partial charge on any atom is -0.480 e. The third-order valence-corrected chi connectivity index (χ3v) is 7.17. The number of hydrogen-bond donors (Lipinski definition) is 2. The third kappa shape index (κ3) is 6.01. The molecule has 0 aromatic heterocycles. The standard InChI is InChI=1S/C23H22F3N3O6S/c1-35-13-20-18-11-17(6-5-16(18)7-8-29(20)22(32)23(24,25)26)36(33,34)28-19(21(30)31)10-14-3-2-4-15(9-14)12-27/h2-6,9,11,19-20,28H,7-8,10,13H2,1H3,(H,30,31)/t19-,20+/m0/s1. The number of carbonyl (C=O) groups excluding carboxylic acids is 1. The number of sulfonamides is 1. The van der Waals surface area contributed by atoms with Gasteiger partial charge in [-0.15, -0.1) is 0 Å². The second-order valence-electron chi connectivity index (χ2n) is 8.11. The van der Waals surface area contributed by atoms with Gasteiger partial charge in [0, 0.05) is 13.7 Å². The number of halogens is 3. The lowest BCUT2D eigenvalue weighted by atomic mass is 9.93. The number of amides is 1. The van der Waals surface area contributed by atoms with E-state index in [4.69, 9.17) is 10.00 Å². The van der Waals surface area contributed by atoms with Crippen molar-refractivity contribution in [3.8, 4) is 6.07 Å². The fourth-order valence-electron chi connectivity index (χ4n) is 4.02. The zero-order valence-corrected chi connectivity index (χ0v) is 19.8. The SMILES string of the molecule is COC[C@@H]1c2cc(S(=O)(=O)N[C@@H](Cc3cccc(C#N)c3)C(=O)O)ccc2CCN1C(=O)C(F)(F)F. The maximum absolute atomic E-state index is 13.1. The number of nitriles is 1. The highest BCUT2D eigenvalue weighted by molar-refractivity contribution is 7.89. The quantitative estimate of drug-likeness (QED) is 0.539. The molecule has 0 spiro atoms. The van der Waals surface area contributed by atoms with Crippen molar-refractivity contribution in [3.05, 3.63) is 64.7 Å². The summed E-state index contributed by atoms with van der Waals surface area (Å²) in [5.74, 6) is -3.52. The van der Waals surface area contributed by atoms with Crippen LogP contribution in [0.4, 0.5) is 13.2 Å². The molecule has 0 unspecified atom stereocenters. The zero-order chi connectivity index (χ0) is 26.7. The van der Waals surface area contributed by atoms with Gasteiger partial charge in [-0.05, 0) is 53.8 Å². The summed E-state index contributed by atoms with van der Waals surface area (Å²) >= 11 is 0. The lowest BCUT2D eigenvalue weighted by Gasteiger charge is -2.37. The molecule has 0 aliphatic carbocycles. The molecule has 36 heavy (non-hydrogen) atoms. The fraction of sp³-hybridized carbons (Fsp3) is 0.348. The van der Waals surface area contributed by atoms with E-state index in [1.54, 1.807) is 6.07 Å². The molecule has 2 atom stereocenters. The Kier molecular flexibility index (Phi) is 8.02. The molecule has 1 aliphatic heterocycles. The van der Waals surface area contributed by atoms with Crippen LogP contribution in [0.5, 0.6) is 0 Å². The van der Waals surface area contributed by atoms with Crippen LogP contribution in [-0.4, -0.2) is 62.8 Å². The van der Waals surface area contributed by atoms with Gasteiger partial charge < -0.3 is 14.7 Å². The van der Waals surface area contributed by atoms with Crippen LogP contribution in [0.2, 0.25) is 0 Å². The summed E-state index contributed by atoms with van der Waals surface area (Å²) < 4.78 is 72.6. The molecule has 13 heteroatoms. The highest BCUT2D eigenvalue weighted by atomic mass is 32.2. The van der Waals surface area contributed by atoms with Gasteiger partial charge >= 0.3 is 18.1 Å². The van der Waals surface area contributed by atoms with Crippen LogP contribution >= 0.6 is 0 Å². The normalized spacial score (nSPS) is 16.6. The number of carboxylic acids is 1. The number of nitrogens with zero attached hydrogens (tertiary/aromatic N) is 2. The minimum absolute atomic E-state index is 0.0676. The van der Waals surface area contributed by atoms with E-state index in [1.165, 1.54) is 37.4 Å². The number of carboxylic acid groups (broad SMARTS) is 1. The molecular weight excluding hydrogens is 503 g/mol. The van der Waals surface area contributed by atoms with Gasteiger partial charge in [-0.1, -0.05) is 18.2 Å². The molecule has 3 rings (SSSR count). The average Bonchev–Trinajstić information content (AvgIpc) is 2.82. The first-order valence-electron chi connectivity index (χ1n) is 10.6. The predicted octanol–water partition coefficient (Wildman–Crippen LogP) is 2.17. The first-order chi connectivity index (χ1) is 16.9. The third-order valence-electron chi connectivity index (χ3n) is 5.70. The molecular formula is C23H22F3N3O6S. The number of aliphatic carboxylic acids is 1. The summed E-state index contributed by atoms with van der Waals surface area (Å²) in [6, 6.07) is 8.95. The molecule has 2 N–H and O–H groups in total. The van der Waals surface area contributed by atoms with Gasteiger partial charge in [0.2, 0.25) is 10.0 Å². The summed E-state index contributed by atoms with van der Waals surface area (Å²) in [6.07, 6.45) is -5.31. The van der Waals surface area contributed by atoms with E-state index in [-0.39, 0.29) is 42.0 Å². The van der Waals surface area contributed by atoms with Gasteiger partial charge in [0.1, 0.15) is 6.04 Å².